The fourth-order valence-electron chi connectivity index (χ4n) is 1.58. The van der Waals surface area contributed by atoms with Gasteiger partial charge in [0.25, 0.3) is 0 Å². The van der Waals surface area contributed by atoms with Gasteiger partial charge in [-0.15, -0.1) is 12.4 Å². The zero-order valence-corrected chi connectivity index (χ0v) is 8.03. The van der Waals surface area contributed by atoms with Crippen molar-refractivity contribution >= 4 is 18.3 Å². The Balaban J connectivity index is 0.00000121. The zero-order valence-electron chi connectivity index (χ0n) is 7.21. The first-order valence-corrected chi connectivity index (χ1v) is 4.28. The molecule has 1 fully saturated rings. The molecule has 0 aromatic carbocycles. The third-order valence-corrected chi connectivity index (χ3v) is 2.19. The molecule has 0 saturated carbocycles. The Morgan fingerprint density at radius 2 is 2.17 bits per heavy atom. The Morgan fingerprint density at radius 1 is 1.42 bits per heavy atom. The minimum Gasteiger partial charge on any atom is -0.370 e. The van der Waals surface area contributed by atoms with E-state index in [1.807, 2.05) is 0 Å². The monoisotopic (exact) mass is 192 g/mol. The van der Waals surface area contributed by atoms with Gasteiger partial charge in [-0.3, -0.25) is 4.79 Å². The maximum atomic E-state index is 10.6. The van der Waals surface area contributed by atoms with Crippen LogP contribution < -0.4 is 11.1 Å². The lowest BCUT2D eigenvalue weighted by Gasteiger charge is -2.09. The van der Waals surface area contributed by atoms with Crippen molar-refractivity contribution in [1.82, 2.24) is 5.32 Å². The normalized spacial score (nSPS) is 23.8. The molecule has 1 aliphatic heterocycles. The maximum Gasteiger partial charge on any atom is 0.217 e. The number of halogens is 1. The zero-order chi connectivity index (χ0) is 8.10. The summed E-state index contributed by atoms with van der Waals surface area (Å²) in [6, 6.07) is 0. The van der Waals surface area contributed by atoms with Gasteiger partial charge in [0.15, 0.2) is 0 Å². The Kier molecular flexibility index (Phi) is 6.11. The summed E-state index contributed by atoms with van der Waals surface area (Å²) < 4.78 is 0. The summed E-state index contributed by atoms with van der Waals surface area (Å²) in [4.78, 5) is 10.6. The average Bonchev–Trinajstić information content (AvgIpc) is 2.14. The van der Waals surface area contributed by atoms with Crippen LogP contribution in [0.4, 0.5) is 0 Å². The molecule has 1 rings (SSSR count). The number of rotatable bonds is 2. The highest BCUT2D eigenvalue weighted by Crippen LogP contribution is 2.16. The summed E-state index contributed by atoms with van der Waals surface area (Å²) in [5.41, 5.74) is 5.11. The van der Waals surface area contributed by atoms with Crippen molar-refractivity contribution in [3.63, 3.8) is 0 Å². The van der Waals surface area contributed by atoms with Gasteiger partial charge in [-0.1, -0.05) is 0 Å². The standard InChI is InChI=1S/C8H16N2O.ClH/c9-8(11)6-7-2-1-4-10-5-3-7;/h7,10H,1-6H2,(H2,9,11);1H. The van der Waals surface area contributed by atoms with Crippen molar-refractivity contribution in [2.24, 2.45) is 11.7 Å². The van der Waals surface area contributed by atoms with Gasteiger partial charge < -0.3 is 11.1 Å². The van der Waals surface area contributed by atoms with Crippen LogP contribution >= 0.6 is 12.4 Å². The molecule has 1 aliphatic rings. The Labute approximate surface area is 79.5 Å². The van der Waals surface area contributed by atoms with Crippen molar-refractivity contribution in [1.29, 1.82) is 0 Å². The fraction of sp³-hybridized carbons (Fsp3) is 0.875. The summed E-state index contributed by atoms with van der Waals surface area (Å²) >= 11 is 0. The van der Waals surface area contributed by atoms with Gasteiger partial charge in [-0.2, -0.15) is 0 Å². The van der Waals surface area contributed by atoms with Crippen molar-refractivity contribution < 1.29 is 4.79 Å². The quantitative estimate of drug-likeness (QED) is 0.676. The number of nitrogens with two attached hydrogens (primary N) is 1. The minimum atomic E-state index is -0.156. The summed E-state index contributed by atoms with van der Waals surface area (Å²) in [5, 5.41) is 3.30. The van der Waals surface area contributed by atoms with Crippen molar-refractivity contribution in [2.75, 3.05) is 13.1 Å². The van der Waals surface area contributed by atoms with Crippen molar-refractivity contribution in [3.8, 4) is 0 Å². The molecule has 12 heavy (non-hydrogen) atoms. The van der Waals surface area contributed by atoms with Crippen molar-refractivity contribution in [2.45, 2.75) is 25.7 Å². The van der Waals surface area contributed by atoms with E-state index in [2.05, 4.69) is 5.32 Å². The van der Waals surface area contributed by atoms with Gasteiger partial charge in [-0.25, -0.2) is 0 Å². The predicted molar refractivity (Wildman–Crippen MR) is 51.3 cm³/mol. The lowest BCUT2D eigenvalue weighted by Crippen LogP contribution is -2.18. The molecular weight excluding hydrogens is 176 g/mol. The molecular formula is C8H17ClN2O. The Morgan fingerprint density at radius 3 is 2.83 bits per heavy atom. The van der Waals surface area contributed by atoms with Gasteiger partial charge in [0.05, 0.1) is 0 Å². The van der Waals surface area contributed by atoms with E-state index in [9.17, 15) is 4.79 Å². The highest BCUT2D eigenvalue weighted by Gasteiger charge is 2.13. The number of carbonyl (C=O) groups excluding carboxylic acids is 1. The van der Waals surface area contributed by atoms with Gasteiger partial charge in [0, 0.05) is 6.42 Å². The molecule has 72 valence electrons. The highest BCUT2D eigenvalue weighted by molar-refractivity contribution is 5.85. The van der Waals surface area contributed by atoms with E-state index >= 15 is 0 Å². The van der Waals surface area contributed by atoms with E-state index in [1.165, 1.54) is 6.42 Å². The molecule has 1 unspecified atom stereocenters. The molecule has 1 amide bonds. The van der Waals surface area contributed by atoms with Crippen LogP contribution in [0.2, 0.25) is 0 Å². The second-order valence-electron chi connectivity index (χ2n) is 3.22. The maximum absolute atomic E-state index is 10.6. The van der Waals surface area contributed by atoms with Crippen LogP contribution in [0.15, 0.2) is 0 Å². The third kappa shape index (κ3) is 4.57. The number of hydrogen-bond acceptors (Lipinski definition) is 2. The molecule has 0 aromatic heterocycles. The molecule has 0 aromatic rings. The molecule has 0 spiro atoms. The molecule has 3 N–H and O–H groups in total. The molecule has 0 aliphatic carbocycles. The minimum absolute atomic E-state index is 0. The summed E-state index contributed by atoms with van der Waals surface area (Å²) in [7, 11) is 0. The average molecular weight is 193 g/mol. The van der Waals surface area contributed by atoms with E-state index in [0.717, 1.165) is 25.9 Å². The number of amides is 1. The van der Waals surface area contributed by atoms with Crippen LogP contribution in [0.1, 0.15) is 25.7 Å². The van der Waals surface area contributed by atoms with Crippen molar-refractivity contribution in [3.05, 3.63) is 0 Å². The SMILES string of the molecule is Cl.NC(=O)CC1CCCNCC1. The molecule has 0 radical (unpaired) electrons. The van der Waals surface area contributed by atoms with Gasteiger partial charge in [-0.05, 0) is 38.3 Å². The second-order valence-corrected chi connectivity index (χ2v) is 3.22. The van der Waals surface area contributed by atoms with Gasteiger partial charge in [0.1, 0.15) is 0 Å². The smallest absolute Gasteiger partial charge is 0.217 e. The lowest BCUT2D eigenvalue weighted by molar-refractivity contribution is -0.118. The predicted octanol–water partition coefficient (Wildman–Crippen LogP) is 0.673. The fourth-order valence-corrected chi connectivity index (χ4v) is 1.58. The summed E-state index contributed by atoms with van der Waals surface area (Å²) in [5.74, 6) is 0.374. The van der Waals surface area contributed by atoms with Crippen LogP contribution in [-0.4, -0.2) is 19.0 Å². The number of nitrogens with one attached hydrogen (secondary N) is 1. The second kappa shape index (κ2) is 6.26. The van der Waals surface area contributed by atoms with Crippen LogP contribution in [0.25, 0.3) is 0 Å². The Bertz CT molecular complexity index is 133. The van der Waals surface area contributed by atoms with Gasteiger partial charge in [0.2, 0.25) is 5.91 Å². The van der Waals surface area contributed by atoms with E-state index in [1.54, 1.807) is 0 Å². The van der Waals surface area contributed by atoms with E-state index < -0.39 is 0 Å². The van der Waals surface area contributed by atoms with Crippen LogP contribution in [0.3, 0.4) is 0 Å². The van der Waals surface area contributed by atoms with Crippen LogP contribution in [0, 0.1) is 5.92 Å². The lowest BCUT2D eigenvalue weighted by atomic mass is 9.97. The van der Waals surface area contributed by atoms with E-state index in [-0.39, 0.29) is 18.3 Å². The third-order valence-electron chi connectivity index (χ3n) is 2.19. The number of carbonyl (C=O) groups is 1. The molecule has 1 saturated heterocycles. The molecule has 3 nitrogen and oxygen atoms in total. The molecule has 1 atom stereocenters. The highest BCUT2D eigenvalue weighted by atomic mass is 35.5. The molecule has 4 heteroatoms. The number of primary amides is 1. The summed E-state index contributed by atoms with van der Waals surface area (Å²) in [6.07, 6.45) is 4.00. The largest absolute Gasteiger partial charge is 0.370 e. The molecule has 0 bridgehead atoms. The first kappa shape index (κ1) is 11.7. The molecule has 1 heterocycles. The Hall–Kier alpha value is -0.280. The van der Waals surface area contributed by atoms with Crippen LogP contribution in [0.5, 0.6) is 0 Å². The van der Waals surface area contributed by atoms with E-state index in [0.29, 0.717) is 12.3 Å². The van der Waals surface area contributed by atoms with Crippen LogP contribution in [-0.2, 0) is 4.79 Å². The topological polar surface area (TPSA) is 55.1 Å². The first-order chi connectivity index (χ1) is 5.29. The van der Waals surface area contributed by atoms with Gasteiger partial charge >= 0.3 is 0 Å². The first-order valence-electron chi connectivity index (χ1n) is 4.28. The van der Waals surface area contributed by atoms with E-state index in [4.69, 9.17) is 5.73 Å². The summed E-state index contributed by atoms with van der Waals surface area (Å²) in [6.45, 7) is 2.13. The number of hydrogen-bond donors (Lipinski definition) is 2.